The van der Waals surface area contributed by atoms with Gasteiger partial charge in [0.25, 0.3) is 0 Å². The smallest absolute Gasteiger partial charge is 0.0124 e. The zero-order valence-corrected chi connectivity index (χ0v) is 12.0. The Morgan fingerprint density at radius 3 is 2.35 bits per heavy atom. The van der Waals surface area contributed by atoms with E-state index in [-0.39, 0.29) is 0 Å². The molecule has 1 heterocycles. The summed E-state index contributed by atoms with van der Waals surface area (Å²) in [5, 5.41) is 0. The minimum absolute atomic E-state index is 0.416. The molecule has 17 heavy (non-hydrogen) atoms. The van der Waals surface area contributed by atoms with Crippen LogP contribution in [0.15, 0.2) is 0 Å². The summed E-state index contributed by atoms with van der Waals surface area (Å²) < 4.78 is 0. The molecule has 2 N–H and O–H groups in total. The highest BCUT2D eigenvalue weighted by molar-refractivity contribution is 4.93. The van der Waals surface area contributed by atoms with Crippen LogP contribution in [0.25, 0.3) is 0 Å². The number of hydrogen-bond acceptors (Lipinski definition) is 2. The molecule has 0 amide bonds. The van der Waals surface area contributed by atoms with E-state index in [2.05, 4.69) is 32.6 Å². The lowest BCUT2D eigenvalue weighted by molar-refractivity contribution is 0.00974. The number of likely N-dealkylation sites (tertiary alicyclic amines) is 1. The third-order valence-electron chi connectivity index (χ3n) is 5.49. The van der Waals surface area contributed by atoms with Crippen molar-refractivity contribution in [3.05, 3.63) is 0 Å². The van der Waals surface area contributed by atoms with Gasteiger partial charge in [-0.3, -0.25) is 4.90 Å². The molecule has 0 aromatic heterocycles. The van der Waals surface area contributed by atoms with Gasteiger partial charge in [-0.2, -0.15) is 0 Å². The van der Waals surface area contributed by atoms with Gasteiger partial charge in [0.15, 0.2) is 0 Å². The molecule has 2 nitrogen and oxygen atoms in total. The monoisotopic (exact) mass is 238 g/mol. The molecule has 2 rings (SSSR count). The van der Waals surface area contributed by atoms with Gasteiger partial charge in [-0.25, -0.2) is 0 Å². The lowest BCUT2D eigenvalue weighted by Crippen LogP contribution is -2.57. The fourth-order valence-electron chi connectivity index (χ4n) is 4.03. The molecule has 0 spiro atoms. The Kier molecular flexibility index (Phi) is 4.14. The molecule has 1 aliphatic carbocycles. The van der Waals surface area contributed by atoms with Crippen molar-refractivity contribution in [2.75, 3.05) is 6.54 Å². The molecule has 2 heteroatoms. The van der Waals surface area contributed by atoms with Crippen LogP contribution >= 0.6 is 0 Å². The lowest BCUT2D eigenvalue weighted by Gasteiger charge is -2.49. The molecular formula is C15H30N2. The van der Waals surface area contributed by atoms with Crippen LogP contribution in [0, 0.1) is 17.8 Å². The first kappa shape index (κ1) is 13.4. The summed E-state index contributed by atoms with van der Waals surface area (Å²) >= 11 is 0. The van der Waals surface area contributed by atoms with E-state index in [4.69, 9.17) is 5.73 Å². The Morgan fingerprint density at radius 2 is 1.71 bits per heavy atom. The second-order valence-electron chi connectivity index (χ2n) is 6.75. The second-order valence-corrected chi connectivity index (χ2v) is 6.75. The Labute approximate surface area is 107 Å². The van der Waals surface area contributed by atoms with Crippen molar-refractivity contribution in [3.8, 4) is 0 Å². The van der Waals surface area contributed by atoms with Gasteiger partial charge in [0.05, 0.1) is 0 Å². The maximum Gasteiger partial charge on any atom is 0.0124 e. The molecule has 0 aromatic rings. The van der Waals surface area contributed by atoms with Crippen LogP contribution in [0.4, 0.5) is 0 Å². The van der Waals surface area contributed by atoms with Crippen molar-refractivity contribution in [2.45, 2.75) is 71.5 Å². The SMILES string of the molecule is CC1CCC(N2CCC(N)C(C)C2C)C(C)C1. The maximum atomic E-state index is 6.19. The van der Waals surface area contributed by atoms with E-state index in [0.717, 1.165) is 17.9 Å². The van der Waals surface area contributed by atoms with Crippen molar-refractivity contribution in [3.63, 3.8) is 0 Å². The van der Waals surface area contributed by atoms with Crippen LogP contribution in [0.2, 0.25) is 0 Å². The highest BCUT2D eigenvalue weighted by Gasteiger charge is 2.37. The first-order valence-electron chi connectivity index (χ1n) is 7.52. The summed E-state index contributed by atoms with van der Waals surface area (Å²) in [5.74, 6) is 2.44. The molecule has 1 saturated heterocycles. The Bertz CT molecular complexity index is 253. The summed E-state index contributed by atoms with van der Waals surface area (Å²) in [4.78, 5) is 2.77. The molecule has 6 unspecified atom stereocenters. The van der Waals surface area contributed by atoms with Crippen molar-refractivity contribution in [1.29, 1.82) is 0 Å². The molecule has 2 fully saturated rings. The van der Waals surface area contributed by atoms with Gasteiger partial charge in [0.1, 0.15) is 0 Å². The fraction of sp³-hybridized carbons (Fsp3) is 1.00. The zero-order chi connectivity index (χ0) is 12.6. The molecule has 0 bridgehead atoms. The first-order valence-corrected chi connectivity index (χ1v) is 7.52. The maximum absolute atomic E-state index is 6.19. The first-order chi connectivity index (χ1) is 8.00. The minimum atomic E-state index is 0.416. The van der Waals surface area contributed by atoms with Gasteiger partial charge in [0, 0.05) is 24.7 Å². The lowest BCUT2D eigenvalue weighted by atomic mass is 9.76. The Balaban J connectivity index is 2.02. The zero-order valence-electron chi connectivity index (χ0n) is 12.0. The van der Waals surface area contributed by atoms with Crippen LogP contribution in [0.3, 0.4) is 0 Å². The normalized spacial score (nSPS) is 49.2. The van der Waals surface area contributed by atoms with Gasteiger partial charge in [-0.05, 0) is 50.4 Å². The molecule has 1 aliphatic heterocycles. The number of nitrogens with zero attached hydrogens (tertiary/aromatic N) is 1. The van der Waals surface area contributed by atoms with E-state index < -0.39 is 0 Å². The van der Waals surface area contributed by atoms with Gasteiger partial charge in [0.2, 0.25) is 0 Å². The van der Waals surface area contributed by atoms with Crippen LogP contribution in [0.5, 0.6) is 0 Å². The average Bonchev–Trinajstić information content (AvgIpc) is 2.28. The summed E-state index contributed by atoms with van der Waals surface area (Å²) in [5.41, 5.74) is 6.19. The number of nitrogens with two attached hydrogens (primary N) is 1. The van der Waals surface area contributed by atoms with Gasteiger partial charge >= 0.3 is 0 Å². The van der Waals surface area contributed by atoms with Crippen LogP contribution in [-0.4, -0.2) is 29.6 Å². The second kappa shape index (κ2) is 5.27. The molecule has 2 aliphatic rings. The Hall–Kier alpha value is -0.0800. The quantitative estimate of drug-likeness (QED) is 0.761. The van der Waals surface area contributed by atoms with Crippen molar-refractivity contribution in [2.24, 2.45) is 23.5 Å². The van der Waals surface area contributed by atoms with Crippen LogP contribution in [-0.2, 0) is 0 Å². The highest BCUT2D eigenvalue weighted by Crippen LogP contribution is 2.35. The molecule has 0 radical (unpaired) electrons. The third kappa shape index (κ3) is 2.68. The van der Waals surface area contributed by atoms with E-state index in [1.165, 1.54) is 32.2 Å². The predicted octanol–water partition coefficient (Wildman–Crippen LogP) is 2.87. The van der Waals surface area contributed by atoms with Gasteiger partial charge < -0.3 is 5.73 Å². The molecule has 1 saturated carbocycles. The van der Waals surface area contributed by atoms with Gasteiger partial charge in [-0.15, -0.1) is 0 Å². The van der Waals surface area contributed by atoms with E-state index >= 15 is 0 Å². The summed E-state index contributed by atoms with van der Waals surface area (Å²) in [6.07, 6.45) is 5.41. The predicted molar refractivity (Wildman–Crippen MR) is 73.9 cm³/mol. The molecule has 100 valence electrons. The minimum Gasteiger partial charge on any atom is -0.327 e. The van der Waals surface area contributed by atoms with E-state index in [9.17, 15) is 0 Å². The molecule has 6 atom stereocenters. The Morgan fingerprint density at radius 1 is 1.00 bits per heavy atom. The number of hydrogen-bond donors (Lipinski definition) is 1. The topological polar surface area (TPSA) is 29.3 Å². The standard InChI is InChI=1S/C15H30N2/c1-10-5-6-15(11(2)9-10)17-8-7-14(16)12(3)13(17)4/h10-15H,5-9,16H2,1-4H3. The van der Waals surface area contributed by atoms with Crippen molar-refractivity contribution < 1.29 is 0 Å². The molecular weight excluding hydrogens is 208 g/mol. The van der Waals surface area contributed by atoms with Gasteiger partial charge in [-0.1, -0.05) is 20.8 Å². The third-order valence-corrected chi connectivity index (χ3v) is 5.49. The largest absolute Gasteiger partial charge is 0.327 e. The van der Waals surface area contributed by atoms with E-state index in [1.54, 1.807) is 0 Å². The van der Waals surface area contributed by atoms with Crippen LogP contribution < -0.4 is 5.73 Å². The van der Waals surface area contributed by atoms with E-state index in [0.29, 0.717) is 18.0 Å². The van der Waals surface area contributed by atoms with Crippen molar-refractivity contribution >= 4 is 0 Å². The molecule has 0 aromatic carbocycles. The number of piperidine rings is 1. The highest BCUT2D eigenvalue weighted by atomic mass is 15.2. The fourth-order valence-corrected chi connectivity index (χ4v) is 4.03. The average molecular weight is 238 g/mol. The van der Waals surface area contributed by atoms with Crippen LogP contribution in [0.1, 0.15) is 53.4 Å². The van der Waals surface area contributed by atoms with E-state index in [1.807, 2.05) is 0 Å². The summed E-state index contributed by atoms with van der Waals surface area (Å²) in [7, 11) is 0. The summed E-state index contributed by atoms with van der Waals surface area (Å²) in [6.45, 7) is 10.8. The summed E-state index contributed by atoms with van der Waals surface area (Å²) in [6, 6.07) is 1.90. The van der Waals surface area contributed by atoms with Crippen molar-refractivity contribution in [1.82, 2.24) is 4.90 Å². The number of rotatable bonds is 1.